The van der Waals surface area contributed by atoms with Crippen LogP contribution in [0.15, 0.2) is 29.2 Å². The number of hydrogen-bond acceptors (Lipinski definition) is 6. The molecule has 134 valence electrons. The van der Waals surface area contributed by atoms with Gasteiger partial charge >= 0.3 is 5.97 Å². The van der Waals surface area contributed by atoms with Crippen LogP contribution in [0.1, 0.15) is 32.6 Å². The number of benzene rings is 1. The van der Waals surface area contributed by atoms with Crippen LogP contribution in [0, 0.1) is 0 Å². The minimum absolute atomic E-state index is 0.0317. The molecule has 0 radical (unpaired) electrons. The Morgan fingerprint density at radius 3 is 2.67 bits per heavy atom. The van der Waals surface area contributed by atoms with Crippen molar-refractivity contribution in [2.24, 2.45) is 0 Å². The van der Waals surface area contributed by atoms with E-state index >= 15 is 0 Å². The highest BCUT2D eigenvalue weighted by Gasteiger charge is 2.28. The first kappa shape index (κ1) is 18.7. The number of carbonyl (C=O) groups is 1. The molecule has 1 saturated carbocycles. The number of carbonyl (C=O) groups excluding carboxylic acids is 1. The Morgan fingerprint density at radius 2 is 2.04 bits per heavy atom. The predicted molar refractivity (Wildman–Crippen MR) is 89.9 cm³/mol. The van der Waals surface area contributed by atoms with Gasteiger partial charge < -0.3 is 10.1 Å². The summed E-state index contributed by atoms with van der Waals surface area (Å²) in [6.45, 7) is 1.95. The van der Waals surface area contributed by atoms with E-state index in [4.69, 9.17) is 4.84 Å². The molecule has 1 aliphatic carbocycles. The fraction of sp³-hybridized carbons (Fsp3) is 0.562. The number of ether oxygens (including phenoxy) is 1. The van der Waals surface area contributed by atoms with Gasteiger partial charge in [0, 0.05) is 12.2 Å². The van der Waals surface area contributed by atoms with Crippen LogP contribution in [0.2, 0.25) is 0 Å². The minimum Gasteiger partial charge on any atom is -0.468 e. The maximum Gasteiger partial charge on any atom is 0.325 e. The van der Waals surface area contributed by atoms with Gasteiger partial charge in [0.25, 0.3) is 10.0 Å². The molecule has 1 aromatic rings. The highest BCUT2D eigenvalue weighted by molar-refractivity contribution is 7.89. The van der Waals surface area contributed by atoms with Crippen LogP contribution in [0.5, 0.6) is 0 Å². The van der Waals surface area contributed by atoms with E-state index in [0.29, 0.717) is 5.69 Å². The van der Waals surface area contributed by atoms with Gasteiger partial charge in [0.15, 0.2) is 0 Å². The van der Waals surface area contributed by atoms with Crippen molar-refractivity contribution in [1.29, 1.82) is 0 Å². The van der Waals surface area contributed by atoms with Gasteiger partial charge in [-0.25, -0.2) is 8.42 Å². The molecule has 1 aromatic carbocycles. The number of esters is 1. The average Bonchev–Trinajstić information content (AvgIpc) is 3.10. The van der Waals surface area contributed by atoms with Crippen LogP contribution in [-0.2, 0) is 24.4 Å². The number of methoxy groups -OCH3 is 1. The largest absolute Gasteiger partial charge is 0.468 e. The van der Waals surface area contributed by atoms with E-state index in [1.807, 2.05) is 0 Å². The lowest BCUT2D eigenvalue weighted by atomic mass is 10.3. The molecule has 0 unspecified atom stereocenters. The molecule has 1 fully saturated rings. The Bertz CT molecular complexity index is 656. The molecule has 2 rings (SSSR count). The number of sulfonamides is 1. The Labute approximate surface area is 142 Å². The zero-order chi connectivity index (χ0) is 17.6. The summed E-state index contributed by atoms with van der Waals surface area (Å²) in [4.78, 5) is 17.0. The zero-order valence-electron chi connectivity index (χ0n) is 14.0. The van der Waals surface area contributed by atoms with Crippen molar-refractivity contribution in [3.8, 4) is 0 Å². The maximum atomic E-state index is 12.8. The molecule has 8 heteroatoms. The van der Waals surface area contributed by atoms with Crippen molar-refractivity contribution >= 4 is 21.7 Å². The molecule has 0 heterocycles. The summed E-state index contributed by atoms with van der Waals surface area (Å²) in [5, 5.41) is 2.84. The Balaban J connectivity index is 2.13. The SMILES string of the molecule is CCN(OC1CCCC1)S(=O)(=O)c1cccc(NCC(=O)OC)c1. The van der Waals surface area contributed by atoms with E-state index in [1.54, 1.807) is 19.1 Å². The lowest BCUT2D eigenvalue weighted by Crippen LogP contribution is -2.34. The molecule has 1 N–H and O–H groups in total. The molecule has 0 atom stereocenters. The molecule has 0 spiro atoms. The van der Waals surface area contributed by atoms with E-state index in [-0.39, 0.29) is 24.1 Å². The lowest BCUT2D eigenvalue weighted by molar-refractivity contribution is -0.138. The first-order valence-electron chi connectivity index (χ1n) is 8.07. The summed E-state index contributed by atoms with van der Waals surface area (Å²) in [6, 6.07) is 6.31. The van der Waals surface area contributed by atoms with E-state index < -0.39 is 16.0 Å². The number of anilines is 1. The third kappa shape index (κ3) is 4.68. The molecule has 7 nitrogen and oxygen atoms in total. The highest BCUT2D eigenvalue weighted by Crippen LogP contribution is 2.26. The zero-order valence-corrected chi connectivity index (χ0v) is 14.8. The minimum atomic E-state index is -3.75. The first-order chi connectivity index (χ1) is 11.5. The second-order valence-electron chi connectivity index (χ2n) is 5.59. The summed E-state index contributed by atoms with van der Waals surface area (Å²) in [5.41, 5.74) is 0.526. The smallest absolute Gasteiger partial charge is 0.325 e. The van der Waals surface area contributed by atoms with Gasteiger partial charge in [-0.15, -0.1) is 0 Å². The molecule has 0 aromatic heterocycles. The Kier molecular flexibility index (Phi) is 6.59. The van der Waals surface area contributed by atoms with Crippen molar-refractivity contribution in [1.82, 2.24) is 4.47 Å². The van der Waals surface area contributed by atoms with Crippen LogP contribution in [-0.4, -0.2) is 45.2 Å². The fourth-order valence-electron chi connectivity index (χ4n) is 2.59. The normalized spacial score (nSPS) is 15.6. The molecule has 0 saturated heterocycles. The highest BCUT2D eigenvalue weighted by atomic mass is 32.2. The molecule has 1 aliphatic rings. The monoisotopic (exact) mass is 356 g/mol. The van der Waals surface area contributed by atoms with Crippen LogP contribution < -0.4 is 5.32 Å². The van der Waals surface area contributed by atoms with Crippen molar-refractivity contribution in [2.45, 2.75) is 43.6 Å². The molecule has 24 heavy (non-hydrogen) atoms. The molecule has 0 aliphatic heterocycles. The van der Waals surface area contributed by atoms with E-state index in [2.05, 4.69) is 10.1 Å². The van der Waals surface area contributed by atoms with Gasteiger partial charge in [-0.2, -0.15) is 0 Å². The summed E-state index contributed by atoms with van der Waals surface area (Å²) >= 11 is 0. The first-order valence-corrected chi connectivity index (χ1v) is 9.51. The van der Waals surface area contributed by atoms with E-state index in [9.17, 15) is 13.2 Å². The Hall–Kier alpha value is -1.64. The van der Waals surface area contributed by atoms with E-state index in [0.717, 1.165) is 30.2 Å². The second-order valence-corrected chi connectivity index (χ2v) is 7.42. The van der Waals surface area contributed by atoms with Gasteiger partial charge in [-0.3, -0.25) is 9.63 Å². The van der Waals surface area contributed by atoms with Crippen molar-refractivity contribution in [3.05, 3.63) is 24.3 Å². The average molecular weight is 356 g/mol. The van der Waals surface area contributed by atoms with E-state index in [1.165, 1.54) is 19.2 Å². The van der Waals surface area contributed by atoms with Crippen LogP contribution >= 0.6 is 0 Å². The predicted octanol–water partition coefficient (Wildman–Crippen LogP) is 2.16. The van der Waals surface area contributed by atoms with Gasteiger partial charge in [-0.1, -0.05) is 23.4 Å². The van der Waals surface area contributed by atoms with Gasteiger partial charge in [0.05, 0.1) is 18.1 Å². The van der Waals surface area contributed by atoms with Crippen LogP contribution in [0.4, 0.5) is 5.69 Å². The fourth-order valence-corrected chi connectivity index (χ4v) is 3.93. The maximum absolute atomic E-state index is 12.8. The second kappa shape index (κ2) is 8.46. The van der Waals surface area contributed by atoms with Gasteiger partial charge in [-0.05, 0) is 38.0 Å². The van der Waals surface area contributed by atoms with Crippen LogP contribution in [0.3, 0.4) is 0 Å². The summed E-state index contributed by atoms with van der Waals surface area (Å²) in [5.74, 6) is -0.428. The number of rotatable bonds is 8. The topological polar surface area (TPSA) is 84.9 Å². The van der Waals surface area contributed by atoms with Crippen molar-refractivity contribution < 1.29 is 22.8 Å². The lowest BCUT2D eigenvalue weighted by Gasteiger charge is -2.23. The number of nitrogens with zero attached hydrogens (tertiary/aromatic N) is 1. The summed E-state index contributed by atoms with van der Waals surface area (Å²) < 4.78 is 31.2. The molecular weight excluding hydrogens is 332 g/mol. The number of hydrogen-bond donors (Lipinski definition) is 1. The van der Waals surface area contributed by atoms with Crippen LogP contribution in [0.25, 0.3) is 0 Å². The van der Waals surface area contributed by atoms with Crippen molar-refractivity contribution in [3.63, 3.8) is 0 Å². The van der Waals surface area contributed by atoms with Crippen molar-refractivity contribution in [2.75, 3.05) is 25.5 Å². The number of hydroxylamine groups is 1. The quantitative estimate of drug-likeness (QED) is 0.567. The summed E-state index contributed by atoms with van der Waals surface area (Å²) in [6.07, 6.45) is 3.85. The summed E-state index contributed by atoms with van der Waals surface area (Å²) in [7, 11) is -2.45. The molecule has 0 bridgehead atoms. The third-order valence-corrected chi connectivity index (χ3v) is 5.62. The molecular formula is C16H24N2O5S. The number of nitrogens with one attached hydrogen (secondary N) is 1. The standard InChI is InChI=1S/C16H24N2O5S/c1-3-18(23-14-8-4-5-9-14)24(20,21)15-10-6-7-13(11-15)17-12-16(19)22-2/h6-7,10-11,14,17H,3-5,8-9,12H2,1-2H3. The third-order valence-electron chi connectivity index (χ3n) is 3.89. The van der Waals surface area contributed by atoms with Gasteiger partial charge in [0.1, 0.15) is 6.54 Å². The molecule has 0 amide bonds. The Morgan fingerprint density at radius 1 is 1.33 bits per heavy atom. The van der Waals surface area contributed by atoms with Gasteiger partial charge in [0.2, 0.25) is 0 Å².